The van der Waals surface area contributed by atoms with Gasteiger partial charge in [0.25, 0.3) is 0 Å². The summed E-state index contributed by atoms with van der Waals surface area (Å²) in [5.74, 6) is 1.85. The second kappa shape index (κ2) is 9.99. The Balaban J connectivity index is 1.39. The molecule has 0 aliphatic carbocycles. The molecule has 2 atom stereocenters. The molecule has 37 heavy (non-hydrogen) atoms. The molecule has 2 unspecified atom stereocenters. The number of halogens is 1. The second-order valence-corrected chi connectivity index (χ2v) is 11.9. The molecular weight excluding hydrogens is 497 g/mol. The van der Waals surface area contributed by atoms with Gasteiger partial charge in [-0.3, -0.25) is 0 Å². The average molecular weight is 530 g/mol. The van der Waals surface area contributed by atoms with Crippen molar-refractivity contribution < 1.29 is 17.9 Å². The van der Waals surface area contributed by atoms with Crippen LogP contribution in [0.2, 0.25) is 0 Å². The molecule has 2 aliphatic heterocycles. The number of piperidine rings is 1. The fraction of sp³-hybridized carbons (Fsp3) is 0.480. The molecule has 0 saturated carbocycles. The lowest BCUT2D eigenvalue weighted by atomic mass is 9.94. The Bertz CT molecular complexity index is 1400. The van der Waals surface area contributed by atoms with Gasteiger partial charge >= 0.3 is 0 Å². The largest absolute Gasteiger partial charge is 0.390 e. The molecular formula is C25H32FN7O3S. The first kappa shape index (κ1) is 25.6. The van der Waals surface area contributed by atoms with Crippen LogP contribution < -0.4 is 19.8 Å². The van der Waals surface area contributed by atoms with Crippen LogP contribution in [0.5, 0.6) is 0 Å². The van der Waals surface area contributed by atoms with Crippen LogP contribution in [-0.2, 0) is 10.0 Å². The maximum atomic E-state index is 14.0. The van der Waals surface area contributed by atoms with Crippen molar-refractivity contribution in [3.8, 4) is 0 Å². The highest BCUT2D eigenvalue weighted by Crippen LogP contribution is 2.36. The van der Waals surface area contributed by atoms with Crippen LogP contribution in [0.1, 0.15) is 31.7 Å². The van der Waals surface area contributed by atoms with E-state index in [2.05, 4.69) is 55.9 Å². The quantitative estimate of drug-likeness (QED) is 0.424. The average Bonchev–Trinajstić information content (AvgIpc) is 2.82. The molecule has 5 rings (SSSR count). The van der Waals surface area contributed by atoms with Crippen molar-refractivity contribution in [2.75, 3.05) is 47.6 Å². The first-order valence-corrected chi connectivity index (χ1v) is 14.3. The number of pyridine rings is 1. The van der Waals surface area contributed by atoms with Crippen molar-refractivity contribution in [1.29, 1.82) is 0 Å². The summed E-state index contributed by atoms with van der Waals surface area (Å²) in [6.07, 6.45) is 2.68. The maximum absolute atomic E-state index is 14.0. The van der Waals surface area contributed by atoms with E-state index in [4.69, 9.17) is 0 Å². The Morgan fingerprint density at radius 3 is 2.57 bits per heavy atom. The van der Waals surface area contributed by atoms with E-state index in [-0.39, 0.29) is 18.5 Å². The fourth-order valence-electron chi connectivity index (χ4n) is 4.92. The number of benzene rings is 1. The molecule has 3 N–H and O–H groups in total. The third-order valence-corrected chi connectivity index (χ3v) is 7.59. The highest BCUT2D eigenvalue weighted by atomic mass is 32.2. The predicted molar refractivity (Wildman–Crippen MR) is 143 cm³/mol. The van der Waals surface area contributed by atoms with Crippen molar-refractivity contribution in [2.45, 2.75) is 44.5 Å². The lowest BCUT2D eigenvalue weighted by Gasteiger charge is -2.41. The van der Waals surface area contributed by atoms with E-state index in [9.17, 15) is 17.9 Å². The summed E-state index contributed by atoms with van der Waals surface area (Å²) in [6, 6.07) is 7.82. The van der Waals surface area contributed by atoms with E-state index in [1.165, 1.54) is 11.8 Å². The molecule has 0 spiro atoms. The highest BCUT2D eigenvalue weighted by molar-refractivity contribution is 7.88. The number of fused-ring (bicyclic) bond motifs is 1. The minimum atomic E-state index is -3.24. The minimum Gasteiger partial charge on any atom is -0.390 e. The lowest BCUT2D eigenvalue weighted by Crippen LogP contribution is -2.59. The molecule has 1 aromatic carbocycles. The van der Waals surface area contributed by atoms with Gasteiger partial charge in [0.05, 0.1) is 24.9 Å². The van der Waals surface area contributed by atoms with Crippen LogP contribution in [0.3, 0.4) is 0 Å². The molecule has 0 bridgehead atoms. The van der Waals surface area contributed by atoms with Crippen LogP contribution in [0.4, 0.5) is 27.7 Å². The van der Waals surface area contributed by atoms with Crippen molar-refractivity contribution >= 4 is 44.1 Å². The molecule has 0 radical (unpaired) electrons. The molecule has 3 aromatic rings. The van der Waals surface area contributed by atoms with Gasteiger partial charge in [-0.1, -0.05) is 19.9 Å². The van der Waals surface area contributed by atoms with Gasteiger partial charge in [-0.05, 0) is 41.5 Å². The summed E-state index contributed by atoms with van der Waals surface area (Å²) >= 11 is 0. The van der Waals surface area contributed by atoms with Crippen LogP contribution in [0, 0.1) is 0 Å². The molecule has 0 amide bonds. The van der Waals surface area contributed by atoms with Gasteiger partial charge in [-0.15, -0.1) is 0 Å². The van der Waals surface area contributed by atoms with Gasteiger partial charge in [0, 0.05) is 43.1 Å². The van der Waals surface area contributed by atoms with Crippen molar-refractivity contribution in [2.24, 2.45) is 0 Å². The summed E-state index contributed by atoms with van der Waals surface area (Å²) in [7, 11) is -3.24. The summed E-state index contributed by atoms with van der Waals surface area (Å²) < 4.78 is 39.8. The summed E-state index contributed by atoms with van der Waals surface area (Å²) in [5, 5.41) is 15.0. The first-order valence-electron chi connectivity index (χ1n) is 12.4. The number of rotatable bonds is 7. The number of hydrogen-bond donors (Lipinski definition) is 3. The zero-order valence-electron chi connectivity index (χ0n) is 21.1. The molecule has 12 heteroatoms. The smallest absolute Gasteiger partial charge is 0.227 e. The van der Waals surface area contributed by atoms with Gasteiger partial charge < -0.3 is 20.2 Å². The highest BCUT2D eigenvalue weighted by Gasteiger charge is 2.31. The monoisotopic (exact) mass is 529 g/mol. The molecule has 2 aromatic heterocycles. The molecule has 2 saturated heterocycles. The van der Waals surface area contributed by atoms with Crippen LogP contribution in [0.25, 0.3) is 10.8 Å². The molecule has 2 fully saturated rings. The topological polar surface area (TPSA) is 124 Å². The lowest BCUT2D eigenvalue weighted by molar-refractivity contribution is 0.0612. The fourth-order valence-corrected chi connectivity index (χ4v) is 5.68. The molecule has 2 aliphatic rings. The first-order chi connectivity index (χ1) is 17.6. The Kier molecular flexibility index (Phi) is 6.90. The zero-order valence-corrected chi connectivity index (χ0v) is 21.9. The SMILES string of the molecule is CC(C)c1ccc(N2CC(NS(C)(=O)=O)C2)c2cnc(Nc3ccnc(N4CCC(O)C(F)C4)n3)cc12. The standard InChI is InChI=1S/C25H32FN7O3S/c1-15(2)17-4-5-21(33-12-16(13-33)31-37(3,35)36)19-11-28-24(10-18(17)19)29-23-6-8-27-25(30-23)32-9-7-22(34)20(26)14-32/h4-6,8,10-11,15-16,20,22,31,34H,7,9,12-14H2,1-3H3,(H,27,28,29,30). The Morgan fingerprint density at radius 2 is 1.86 bits per heavy atom. The van der Waals surface area contributed by atoms with E-state index < -0.39 is 22.3 Å². The predicted octanol–water partition coefficient (Wildman–Crippen LogP) is 2.54. The number of sulfonamides is 1. The van der Waals surface area contributed by atoms with Gasteiger partial charge in [-0.2, -0.15) is 4.98 Å². The summed E-state index contributed by atoms with van der Waals surface area (Å²) in [5.41, 5.74) is 2.20. The number of nitrogens with zero attached hydrogens (tertiary/aromatic N) is 5. The molecule has 4 heterocycles. The van der Waals surface area contributed by atoms with Gasteiger partial charge in [0.15, 0.2) is 0 Å². The van der Waals surface area contributed by atoms with E-state index in [0.29, 0.717) is 43.6 Å². The number of aliphatic hydroxyl groups excluding tert-OH is 1. The second-order valence-electron chi connectivity index (χ2n) is 10.1. The van der Waals surface area contributed by atoms with E-state index in [1.54, 1.807) is 17.2 Å². The molecule has 198 valence electrons. The zero-order chi connectivity index (χ0) is 26.3. The number of hydrogen-bond acceptors (Lipinski definition) is 9. The number of aliphatic hydroxyl groups is 1. The number of nitrogens with one attached hydrogen (secondary N) is 2. The van der Waals surface area contributed by atoms with Gasteiger partial charge in [0.2, 0.25) is 16.0 Å². The van der Waals surface area contributed by atoms with Crippen LogP contribution in [-0.4, -0.2) is 79.2 Å². The number of anilines is 4. The number of alkyl halides is 1. The molecule has 10 nitrogen and oxygen atoms in total. The van der Waals surface area contributed by atoms with Gasteiger partial charge in [-0.25, -0.2) is 27.5 Å². The third-order valence-electron chi connectivity index (χ3n) is 6.83. The van der Waals surface area contributed by atoms with E-state index in [1.807, 2.05) is 12.3 Å². The third kappa shape index (κ3) is 5.60. The summed E-state index contributed by atoms with van der Waals surface area (Å²) in [4.78, 5) is 17.3. The number of aromatic nitrogens is 3. The van der Waals surface area contributed by atoms with Crippen molar-refractivity contribution in [1.82, 2.24) is 19.7 Å². The maximum Gasteiger partial charge on any atom is 0.227 e. The Morgan fingerprint density at radius 1 is 1.08 bits per heavy atom. The van der Waals surface area contributed by atoms with Crippen LogP contribution >= 0.6 is 0 Å². The summed E-state index contributed by atoms with van der Waals surface area (Å²) in [6.45, 7) is 6.01. The normalized spacial score (nSPS) is 20.9. The van der Waals surface area contributed by atoms with E-state index >= 15 is 0 Å². The minimum absolute atomic E-state index is 0.0520. The Hall–Kier alpha value is -3.09. The van der Waals surface area contributed by atoms with Gasteiger partial charge in [0.1, 0.15) is 17.8 Å². The Labute approximate surface area is 216 Å². The van der Waals surface area contributed by atoms with Crippen molar-refractivity contribution in [3.63, 3.8) is 0 Å². The van der Waals surface area contributed by atoms with E-state index in [0.717, 1.165) is 16.5 Å². The van der Waals surface area contributed by atoms with Crippen LogP contribution in [0.15, 0.2) is 36.7 Å². The van der Waals surface area contributed by atoms with Crippen molar-refractivity contribution in [3.05, 3.63) is 42.2 Å².